The van der Waals surface area contributed by atoms with Crippen molar-refractivity contribution in [2.45, 2.75) is 26.7 Å². The Hall–Kier alpha value is -2.50. The predicted octanol–water partition coefficient (Wildman–Crippen LogP) is 1.94. The fourth-order valence-corrected chi connectivity index (χ4v) is 1.32. The number of hydrogen-bond acceptors (Lipinski definition) is 4. The van der Waals surface area contributed by atoms with Gasteiger partial charge in [0.1, 0.15) is 0 Å². The second kappa shape index (κ2) is 8.58. The molecule has 0 aliphatic rings. The summed E-state index contributed by atoms with van der Waals surface area (Å²) in [5.41, 5.74) is 5.51. The van der Waals surface area contributed by atoms with Gasteiger partial charge in [-0.15, -0.1) is 0 Å². The Kier molecular flexibility index (Phi) is 6.67. The summed E-state index contributed by atoms with van der Waals surface area (Å²) in [5, 5.41) is 7.51. The van der Waals surface area contributed by atoms with Crippen molar-refractivity contribution < 1.29 is 9.59 Å². The van der Waals surface area contributed by atoms with E-state index in [4.69, 9.17) is 0 Å². The van der Waals surface area contributed by atoms with E-state index in [9.17, 15) is 9.59 Å². The molecule has 0 saturated carbocycles. The van der Waals surface area contributed by atoms with Gasteiger partial charge in [0.2, 0.25) is 0 Å². The lowest BCUT2D eigenvalue weighted by Crippen LogP contribution is -2.20. The molecule has 2 N–H and O–H groups in total. The van der Waals surface area contributed by atoms with Gasteiger partial charge in [0.25, 0.3) is 11.8 Å². The Labute approximate surface area is 118 Å². The summed E-state index contributed by atoms with van der Waals surface area (Å²) in [6, 6.07) is 6.36. The minimum Gasteiger partial charge on any atom is -0.267 e. The largest absolute Gasteiger partial charge is 0.271 e. The van der Waals surface area contributed by atoms with Crippen LogP contribution in [0.2, 0.25) is 0 Å². The maximum absolute atomic E-state index is 11.8. The molecular weight excluding hydrogens is 256 g/mol. The van der Waals surface area contributed by atoms with Crippen molar-refractivity contribution in [3.8, 4) is 0 Å². The molecule has 0 bridgehead atoms. The van der Waals surface area contributed by atoms with E-state index in [0.717, 1.165) is 12.8 Å². The standard InChI is InChI=1S/C14H18N4O2/c1-3-8-15-17-13(19)11-6-5-7-12(10-11)14(20)18-16-9-4-2/h5-10H,3-4H2,1-2H3,(H,17,19)(H,18,20)/b15-8+,16-9+. The number of carbonyl (C=O) groups is 2. The van der Waals surface area contributed by atoms with Crippen LogP contribution in [0.5, 0.6) is 0 Å². The highest BCUT2D eigenvalue weighted by Crippen LogP contribution is 2.05. The molecule has 0 unspecified atom stereocenters. The normalized spacial score (nSPS) is 10.9. The second-order valence-corrected chi connectivity index (χ2v) is 3.90. The Balaban J connectivity index is 2.74. The van der Waals surface area contributed by atoms with E-state index in [1.165, 1.54) is 6.07 Å². The Morgan fingerprint density at radius 1 is 1.00 bits per heavy atom. The van der Waals surface area contributed by atoms with Crippen molar-refractivity contribution in [3.05, 3.63) is 35.4 Å². The Morgan fingerprint density at radius 2 is 1.45 bits per heavy atom. The molecule has 106 valence electrons. The molecule has 0 saturated heterocycles. The molecule has 0 aliphatic heterocycles. The van der Waals surface area contributed by atoms with Crippen LogP contribution in [-0.2, 0) is 0 Å². The van der Waals surface area contributed by atoms with Crippen LogP contribution in [0.3, 0.4) is 0 Å². The van der Waals surface area contributed by atoms with Gasteiger partial charge in [0.05, 0.1) is 0 Å². The van der Waals surface area contributed by atoms with Gasteiger partial charge in [-0.3, -0.25) is 9.59 Å². The van der Waals surface area contributed by atoms with E-state index in [1.54, 1.807) is 30.6 Å². The maximum Gasteiger partial charge on any atom is 0.271 e. The van der Waals surface area contributed by atoms with Crippen LogP contribution in [0, 0.1) is 0 Å². The zero-order chi connectivity index (χ0) is 14.8. The fourth-order valence-electron chi connectivity index (χ4n) is 1.32. The molecule has 0 aliphatic carbocycles. The molecule has 6 nitrogen and oxygen atoms in total. The van der Waals surface area contributed by atoms with Gasteiger partial charge in [-0.25, -0.2) is 10.9 Å². The number of rotatable bonds is 6. The number of benzene rings is 1. The minimum atomic E-state index is -0.360. The molecule has 0 atom stereocenters. The zero-order valence-electron chi connectivity index (χ0n) is 11.6. The maximum atomic E-state index is 11.8. The first kappa shape index (κ1) is 15.6. The van der Waals surface area contributed by atoms with Crippen molar-refractivity contribution in [1.82, 2.24) is 10.9 Å². The van der Waals surface area contributed by atoms with E-state index in [2.05, 4.69) is 21.1 Å². The summed E-state index contributed by atoms with van der Waals surface area (Å²) < 4.78 is 0. The fraction of sp³-hybridized carbons (Fsp3) is 0.286. The van der Waals surface area contributed by atoms with Gasteiger partial charge in [0, 0.05) is 23.6 Å². The molecule has 0 fully saturated rings. The number of hydrogen-bond donors (Lipinski definition) is 2. The van der Waals surface area contributed by atoms with Crippen molar-refractivity contribution in [3.63, 3.8) is 0 Å². The summed E-state index contributed by atoms with van der Waals surface area (Å²) in [4.78, 5) is 23.5. The quantitative estimate of drug-likeness (QED) is 0.614. The molecular formula is C14H18N4O2. The van der Waals surface area contributed by atoms with Crippen molar-refractivity contribution >= 4 is 24.2 Å². The van der Waals surface area contributed by atoms with Gasteiger partial charge < -0.3 is 0 Å². The highest BCUT2D eigenvalue weighted by molar-refractivity contribution is 5.99. The number of amides is 2. The number of nitrogens with zero attached hydrogens (tertiary/aromatic N) is 2. The SMILES string of the molecule is CC/C=N/NC(=O)c1cccc(C(=O)N/N=C/CC)c1. The minimum absolute atomic E-state index is 0.360. The molecule has 0 heterocycles. The van der Waals surface area contributed by atoms with Crippen LogP contribution >= 0.6 is 0 Å². The monoisotopic (exact) mass is 274 g/mol. The average molecular weight is 274 g/mol. The van der Waals surface area contributed by atoms with Gasteiger partial charge in [-0.05, 0) is 31.0 Å². The first-order chi connectivity index (χ1) is 9.69. The second-order valence-electron chi connectivity index (χ2n) is 3.90. The van der Waals surface area contributed by atoms with Gasteiger partial charge in [0.15, 0.2) is 0 Å². The zero-order valence-corrected chi connectivity index (χ0v) is 11.6. The average Bonchev–Trinajstić information content (AvgIpc) is 2.47. The third kappa shape index (κ3) is 5.01. The summed E-state index contributed by atoms with van der Waals surface area (Å²) in [6.45, 7) is 3.83. The smallest absolute Gasteiger partial charge is 0.267 e. The van der Waals surface area contributed by atoms with E-state index < -0.39 is 0 Å². The van der Waals surface area contributed by atoms with Crippen LogP contribution in [0.4, 0.5) is 0 Å². The molecule has 0 aromatic heterocycles. The number of carbonyl (C=O) groups excluding carboxylic acids is 2. The Morgan fingerprint density at radius 3 is 1.85 bits per heavy atom. The third-order valence-electron chi connectivity index (χ3n) is 2.27. The molecule has 1 aromatic carbocycles. The van der Waals surface area contributed by atoms with E-state index >= 15 is 0 Å². The highest BCUT2D eigenvalue weighted by Gasteiger charge is 2.09. The summed E-state index contributed by atoms with van der Waals surface area (Å²) in [6.07, 6.45) is 4.65. The topological polar surface area (TPSA) is 82.9 Å². The van der Waals surface area contributed by atoms with Crippen molar-refractivity contribution in [1.29, 1.82) is 0 Å². The number of nitrogens with one attached hydrogen (secondary N) is 2. The van der Waals surface area contributed by atoms with Gasteiger partial charge >= 0.3 is 0 Å². The Bertz CT molecular complexity index is 480. The number of hydrazone groups is 2. The van der Waals surface area contributed by atoms with Crippen LogP contribution in [-0.4, -0.2) is 24.2 Å². The predicted molar refractivity (Wildman–Crippen MR) is 78.9 cm³/mol. The van der Waals surface area contributed by atoms with E-state index in [0.29, 0.717) is 11.1 Å². The summed E-state index contributed by atoms with van der Waals surface area (Å²) in [5.74, 6) is -0.720. The first-order valence-corrected chi connectivity index (χ1v) is 6.42. The van der Waals surface area contributed by atoms with Crippen LogP contribution in [0.15, 0.2) is 34.5 Å². The van der Waals surface area contributed by atoms with Crippen molar-refractivity contribution in [2.24, 2.45) is 10.2 Å². The molecule has 2 amide bonds. The first-order valence-electron chi connectivity index (χ1n) is 6.42. The summed E-state index contributed by atoms with van der Waals surface area (Å²) in [7, 11) is 0. The molecule has 1 aromatic rings. The molecule has 1 rings (SSSR count). The van der Waals surface area contributed by atoms with Crippen LogP contribution in [0.25, 0.3) is 0 Å². The van der Waals surface area contributed by atoms with Crippen molar-refractivity contribution in [2.75, 3.05) is 0 Å². The molecule has 0 spiro atoms. The molecule has 6 heteroatoms. The third-order valence-corrected chi connectivity index (χ3v) is 2.27. The van der Waals surface area contributed by atoms with Gasteiger partial charge in [-0.1, -0.05) is 19.9 Å². The summed E-state index contributed by atoms with van der Waals surface area (Å²) >= 11 is 0. The lowest BCUT2D eigenvalue weighted by molar-refractivity contribution is 0.0954. The lowest BCUT2D eigenvalue weighted by Gasteiger charge is -2.03. The van der Waals surface area contributed by atoms with Gasteiger partial charge in [-0.2, -0.15) is 10.2 Å². The molecule has 0 radical (unpaired) electrons. The van der Waals surface area contributed by atoms with E-state index in [1.807, 2.05) is 13.8 Å². The van der Waals surface area contributed by atoms with E-state index in [-0.39, 0.29) is 11.8 Å². The van der Waals surface area contributed by atoms with Crippen LogP contribution in [0.1, 0.15) is 47.4 Å². The molecule has 20 heavy (non-hydrogen) atoms. The highest BCUT2D eigenvalue weighted by atomic mass is 16.2. The van der Waals surface area contributed by atoms with Crippen LogP contribution < -0.4 is 10.9 Å². The lowest BCUT2D eigenvalue weighted by atomic mass is 10.1.